The molecule has 0 unspecified atom stereocenters. The number of aromatic nitrogens is 2. The minimum absolute atomic E-state index is 0.132. The van der Waals surface area contributed by atoms with Crippen LogP contribution >= 0.6 is 0 Å². The molecular formula is C23H26N4O3. The molecule has 1 amide bonds. The first-order valence-corrected chi connectivity index (χ1v) is 10.1. The quantitative estimate of drug-likeness (QED) is 0.629. The average Bonchev–Trinajstić information content (AvgIpc) is 3.17. The van der Waals surface area contributed by atoms with Crippen LogP contribution in [0.4, 0.5) is 5.69 Å². The molecule has 1 aromatic heterocycles. The van der Waals surface area contributed by atoms with Gasteiger partial charge in [-0.1, -0.05) is 30.3 Å². The van der Waals surface area contributed by atoms with Gasteiger partial charge in [-0.15, -0.1) is 0 Å². The average molecular weight is 406 g/mol. The number of ether oxygens (including phenoxy) is 2. The third kappa shape index (κ3) is 5.06. The number of nitrogens with zero attached hydrogens (tertiary/aromatic N) is 2. The summed E-state index contributed by atoms with van der Waals surface area (Å²) in [5.41, 5.74) is 3.49. The van der Waals surface area contributed by atoms with Crippen LogP contribution in [0.15, 0.2) is 42.5 Å². The Balaban J connectivity index is 1.46. The van der Waals surface area contributed by atoms with Crippen molar-refractivity contribution < 1.29 is 14.3 Å². The molecule has 0 radical (unpaired) electrons. The third-order valence-electron chi connectivity index (χ3n) is 5.02. The zero-order chi connectivity index (χ0) is 20.8. The smallest absolute Gasteiger partial charge is 0.221 e. The monoisotopic (exact) mass is 406 g/mol. The van der Waals surface area contributed by atoms with Gasteiger partial charge in [-0.25, -0.2) is 0 Å². The molecule has 7 nitrogen and oxygen atoms in total. The van der Waals surface area contributed by atoms with Gasteiger partial charge in [0.1, 0.15) is 12.4 Å². The maximum absolute atomic E-state index is 11.7. The fourth-order valence-corrected chi connectivity index (χ4v) is 3.46. The number of aromatic amines is 1. The predicted octanol–water partition coefficient (Wildman–Crippen LogP) is 3.40. The number of nitrogens with one attached hydrogen (secondary N) is 2. The van der Waals surface area contributed by atoms with Gasteiger partial charge in [0, 0.05) is 31.9 Å². The predicted molar refractivity (Wildman–Crippen MR) is 119 cm³/mol. The number of rotatable bonds is 7. The van der Waals surface area contributed by atoms with Gasteiger partial charge in [0.2, 0.25) is 5.91 Å². The number of hydrogen-bond acceptors (Lipinski definition) is 5. The molecule has 3 aromatic rings. The highest BCUT2D eigenvalue weighted by atomic mass is 16.5. The first kappa shape index (κ1) is 20.1. The summed E-state index contributed by atoms with van der Waals surface area (Å²) < 4.78 is 11.3. The van der Waals surface area contributed by atoms with E-state index in [9.17, 15) is 4.79 Å². The van der Waals surface area contributed by atoms with Gasteiger partial charge in [-0.3, -0.25) is 14.8 Å². The van der Waals surface area contributed by atoms with Gasteiger partial charge in [-0.2, -0.15) is 5.10 Å². The maximum Gasteiger partial charge on any atom is 0.221 e. The first-order chi connectivity index (χ1) is 14.7. The summed E-state index contributed by atoms with van der Waals surface area (Å²) in [4.78, 5) is 14.0. The fraction of sp³-hybridized carbons (Fsp3) is 0.304. The van der Waals surface area contributed by atoms with E-state index in [2.05, 4.69) is 20.4 Å². The van der Waals surface area contributed by atoms with E-state index in [4.69, 9.17) is 9.47 Å². The Morgan fingerprint density at radius 3 is 2.90 bits per heavy atom. The van der Waals surface area contributed by atoms with Crippen LogP contribution in [-0.4, -0.2) is 60.5 Å². The Morgan fingerprint density at radius 2 is 2.07 bits per heavy atom. The van der Waals surface area contributed by atoms with Crippen LogP contribution < -0.4 is 10.1 Å². The summed E-state index contributed by atoms with van der Waals surface area (Å²) in [6, 6.07) is 13.8. The second-order valence-electron chi connectivity index (χ2n) is 7.23. The van der Waals surface area contributed by atoms with Crippen molar-refractivity contribution in [3.63, 3.8) is 0 Å². The topological polar surface area (TPSA) is 79.5 Å². The summed E-state index contributed by atoms with van der Waals surface area (Å²) in [6.07, 6.45) is 3.94. The van der Waals surface area contributed by atoms with E-state index < -0.39 is 0 Å². The lowest BCUT2D eigenvalue weighted by atomic mass is 10.1. The van der Waals surface area contributed by atoms with E-state index in [-0.39, 0.29) is 5.91 Å². The van der Waals surface area contributed by atoms with Crippen molar-refractivity contribution in [2.75, 3.05) is 44.8 Å². The molecule has 30 heavy (non-hydrogen) atoms. The molecule has 0 spiro atoms. The van der Waals surface area contributed by atoms with E-state index >= 15 is 0 Å². The number of carbonyl (C=O) groups excluding carboxylic acids is 1. The van der Waals surface area contributed by atoms with Crippen LogP contribution in [0.3, 0.4) is 0 Å². The van der Waals surface area contributed by atoms with Crippen LogP contribution in [0, 0.1) is 0 Å². The molecule has 4 rings (SSSR count). The highest BCUT2D eigenvalue weighted by molar-refractivity contribution is 5.92. The van der Waals surface area contributed by atoms with Gasteiger partial charge >= 0.3 is 0 Å². The number of anilines is 1. The number of amides is 1. The molecule has 0 aliphatic carbocycles. The Morgan fingerprint density at radius 1 is 1.23 bits per heavy atom. The normalized spacial score (nSPS) is 15.0. The molecule has 7 heteroatoms. The van der Waals surface area contributed by atoms with Crippen molar-refractivity contribution in [3.05, 3.63) is 53.7 Å². The van der Waals surface area contributed by atoms with Crippen LogP contribution in [0.2, 0.25) is 0 Å². The molecule has 0 atom stereocenters. The number of hydrogen-bond donors (Lipinski definition) is 2. The van der Waals surface area contributed by atoms with Gasteiger partial charge in [0.15, 0.2) is 0 Å². The Bertz CT molecular complexity index is 1040. The van der Waals surface area contributed by atoms with Gasteiger partial charge < -0.3 is 14.8 Å². The number of morpholine rings is 1. The molecular weight excluding hydrogens is 380 g/mol. The largest absolute Gasteiger partial charge is 0.490 e. The minimum atomic E-state index is -0.132. The Labute approximate surface area is 175 Å². The van der Waals surface area contributed by atoms with Crippen LogP contribution in [-0.2, 0) is 9.53 Å². The van der Waals surface area contributed by atoms with Crippen molar-refractivity contribution in [2.45, 2.75) is 6.92 Å². The highest BCUT2D eigenvalue weighted by Gasteiger charge is 2.11. The summed E-state index contributed by atoms with van der Waals surface area (Å²) in [5, 5.41) is 11.3. The van der Waals surface area contributed by atoms with Crippen molar-refractivity contribution in [1.29, 1.82) is 0 Å². The summed E-state index contributed by atoms with van der Waals surface area (Å²) in [7, 11) is 0. The Hall–Kier alpha value is -3.16. The van der Waals surface area contributed by atoms with Gasteiger partial charge in [-0.05, 0) is 29.8 Å². The molecule has 1 fully saturated rings. The summed E-state index contributed by atoms with van der Waals surface area (Å²) in [6.45, 7) is 6.27. The molecule has 2 aromatic carbocycles. The number of benzene rings is 2. The number of H-pyrrole nitrogens is 1. The second kappa shape index (κ2) is 9.56. The van der Waals surface area contributed by atoms with E-state index in [1.807, 2.05) is 54.6 Å². The standard InChI is InChI=1S/C23H26N4O3/c1-17(28)24-22-16-18(6-8-21-19-4-2-3-5-20(19)25-26-21)7-9-23(22)30-15-12-27-10-13-29-14-11-27/h2-9,16H,10-15H2,1H3,(H,24,28)(H,25,26). The zero-order valence-corrected chi connectivity index (χ0v) is 17.1. The lowest BCUT2D eigenvalue weighted by Gasteiger charge is -2.26. The molecule has 0 saturated carbocycles. The number of carbonyl (C=O) groups is 1. The zero-order valence-electron chi connectivity index (χ0n) is 17.1. The van der Waals surface area contributed by atoms with Crippen molar-refractivity contribution in [1.82, 2.24) is 15.1 Å². The number of para-hydroxylation sites is 1. The van der Waals surface area contributed by atoms with E-state index in [0.29, 0.717) is 18.0 Å². The number of fused-ring (bicyclic) bond motifs is 1. The minimum Gasteiger partial charge on any atom is -0.490 e. The van der Waals surface area contributed by atoms with E-state index in [1.54, 1.807) is 0 Å². The lowest BCUT2D eigenvalue weighted by molar-refractivity contribution is -0.114. The van der Waals surface area contributed by atoms with Crippen molar-refractivity contribution >= 4 is 34.6 Å². The van der Waals surface area contributed by atoms with Gasteiger partial charge in [0.25, 0.3) is 0 Å². The highest BCUT2D eigenvalue weighted by Crippen LogP contribution is 2.27. The summed E-state index contributed by atoms with van der Waals surface area (Å²) in [5.74, 6) is 0.535. The van der Waals surface area contributed by atoms with Crippen LogP contribution in [0.5, 0.6) is 5.75 Å². The fourth-order valence-electron chi connectivity index (χ4n) is 3.46. The van der Waals surface area contributed by atoms with Crippen molar-refractivity contribution in [2.24, 2.45) is 0 Å². The second-order valence-corrected chi connectivity index (χ2v) is 7.23. The molecule has 1 aliphatic heterocycles. The molecule has 156 valence electrons. The third-order valence-corrected chi connectivity index (χ3v) is 5.02. The summed E-state index contributed by atoms with van der Waals surface area (Å²) >= 11 is 0. The molecule has 1 saturated heterocycles. The lowest BCUT2D eigenvalue weighted by Crippen LogP contribution is -2.38. The van der Waals surface area contributed by atoms with Crippen LogP contribution in [0.1, 0.15) is 18.2 Å². The van der Waals surface area contributed by atoms with Gasteiger partial charge in [0.05, 0.1) is 30.1 Å². The maximum atomic E-state index is 11.7. The molecule has 0 bridgehead atoms. The van der Waals surface area contributed by atoms with E-state index in [0.717, 1.165) is 55.0 Å². The van der Waals surface area contributed by atoms with Crippen molar-refractivity contribution in [3.8, 4) is 5.75 Å². The Kier molecular flexibility index (Phi) is 6.41. The molecule has 2 heterocycles. The van der Waals surface area contributed by atoms with Crippen LogP contribution in [0.25, 0.3) is 23.1 Å². The first-order valence-electron chi connectivity index (χ1n) is 10.1. The molecule has 2 N–H and O–H groups in total. The van der Waals surface area contributed by atoms with E-state index in [1.165, 1.54) is 6.92 Å². The molecule has 1 aliphatic rings. The SMILES string of the molecule is CC(=O)Nc1cc(C=Cc2n[nH]c3ccccc23)ccc1OCCN1CCOCC1.